The molecule has 0 atom stereocenters. The molecule has 1 rings (SSSR count). The fourth-order valence-electron chi connectivity index (χ4n) is 0.945. The molecule has 1 heterocycles. The molecule has 0 aliphatic heterocycles. The summed E-state index contributed by atoms with van der Waals surface area (Å²) in [5, 5.41) is 2.38. The first-order chi connectivity index (χ1) is 6.88. The van der Waals surface area contributed by atoms with Crippen LogP contribution >= 0.6 is 0 Å². The van der Waals surface area contributed by atoms with E-state index >= 15 is 0 Å². The summed E-state index contributed by atoms with van der Waals surface area (Å²) < 4.78 is 21.6. The number of aromatic nitrogens is 1. The monoisotopic (exact) mass is 229 g/mol. The minimum atomic E-state index is -3.32. The Kier molecular flexibility index (Phi) is 3.25. The first kappa shape index (κ1) is 11.4. The van der Waals surface area contributed by atoms with Crippen LogP contribution < -0.4 is 11.1 Å². The summed E-state index contributed by atoms with van der Waals surface area (Å²) in [6, 6.07) is 1.50. The fourth-order valence-corrected chi connectivity index (χ4v) is 1.49. The number of nitrogen functional groups attached to an aromatic ring is 1. The Hall–Kier alpha value is -1.63. The number of nitrogens with two attached hydrogens (primary N) is 1. The van der Waals surface area contributed by atoms with Crippen LogP contribution in [0.25, 0.3) is 0 Å². The minimum Gasteiger partial charge on any atom is -0.396 e. The van der Waals surface area contributed by atoms with Gasteiger partial charge in [0, 0.05) is 12.5 Å². The topological polar surface area (TPSA) is 102 Å². The number of nitrogens with one attached hydrogen (secondary N) is 1. The SMILES string of the molecule is CS(=O)(=O)CC(=O)Nc1ccncc1N. The zero-order valence-electron chi connectivity index (χ0n) is 8.10. The summed E-state index contributed by atoms with van der Waals surface area (Å²) in [5.74, 6) is -1.18. The van der Waals surface area contributed by atoms with E-state index in [1.165, 1.54) is 18.5 Å². The van der Waals surface area contributed by atoms with Gasteiger partial charge in [0.05, 0.1) is 17.6 Å². The van der Waals surface area contributed by atoms with E-state index in [9.17, 15) is 13.2 Å². The third-order valence-electron chi connectivity index (χ3n) is 1.52. The lowest BCUT2D eigenvalue weighted by molar-refractivity contribution is -0.113. The minimum absolute atomic E-state index is 0.291. The third-order valence-corrected chi connectivity index (χ3v) is 2.31. The first-order valence-electron chi connectivity index (χ1n) is 4.05. The first-order valence-corrected chi connectivity index (χ1v) is 6.11. The molecule has 82 valence electrons. The van der Waals surface area contributed by atoms with Crippen molar-refractivity contribution < 1.29 is 13.2 Å². The van der Waals surface area contributed by atoms with Gasteiger partial charge < -0.3 is 11.1 Å². The largest absolute Gasteiger partial charge is 0.396 e. The van der Waals surface area contributed by atoms with E-state index < -0.39 is 21.5 Å². The second-order valence-electron chi connectivity index (χ2n) is 3.08. The van der Waals surface area contributed by atoms with Gasteiger partial charge in [0.1, 0.15) is 5.75 Å². The number of hydrogen-bond donors (Lipinski definition) is 2. The van der Waals surface area contributed by atoms with E-state index in [4.69, 9.17) is 5.73 Å². The number of pyridine rings is 1. The van der Waals surface area contributed by atoms with Gasteiger partial charge in [0.2, 0.25) is 5.91 Å². The van der Waals surface area contributed by atoms with E-state index in [0.717, 1.165) is 6.26 Å². The summed E-state index contributed by atoms with van der Waals surface area (Å²) in [7, 11) is -3.32. The predicted octanol–water partition coefficient (Wildman–Crippen LogP) is -0.353. The van der Waals surface area contributed by atoms with Crippen LogP contribution in [0.3, 0.4) is 0 Å². The van der Waals surface area contributed by atoms with Gasteiger partial charge in [-0.3, -0.25) is 9.78 Å². The summed E-state index contributed by atoms with van der Waals surface area (Å²) in [4.78, 5) is 14.9. The van der Waals surface area contributed by atoms with Gasteiger partial charge in [-0.05, 0) is 6.07 Å². The van der Waals surface area contributed by atoms with Crippen molar-refractivity contribution in [2.45, 2.75) is 0 Å². The molecule has 7 heteroatoms. The van der Waals surface area contributed by atoms with E-state index in [1.807, 2.05) is 0 Å². The maximum atomic E-state index is 11.2. The summed E-state index contributed by atoms with van der Waals surface area (Å²) in [6.07, 6.45) is 3.81. The normalized spacial score (nSPS) is 11.0. The van der Waals surface area contributed by atoms with Crippen LogP contribution in [-0.4, -0.2) is 31.3 Å². The predicted molar refractivity (Wildman–Crippen MR) is 57.0 cm³/mol. The molecule has 1 aromatic rings. The van der Waals surface area contributed by atoms with Crippen molar-refractivity contribution in [2.75, 3.05) is 23.1 Å². The van der Waals surface area contributed by atoms with Gasteiger partial charge in [-0.2, -0.15) is 0 Å². The Morgan fingerprint density at radius 1 is 1.60 bits per heavy atom. The highest BCUT2D eigenvalue weighted by molar-refractivity contribution is 7.91. The molecule has 0 saturated carbocycles. The van der Waals surface area contributed by atoms with E-state index in [0.29, 0.717) is 11.4 Å². The molecule has 0 bridgehead atoms. The van der Waals surface area contributed by atoms with Crippen LogP contribution in [0.1, 0.15) is 0 Å². The van der Waals surface area contributed by atoms with Gasteiger partial charge in [-0.1, -0.05) is 0 Å². The molecule has 0 radical (unpaired) electrons. The van der Waals surface area contributed by atoms with Gasteiger partial charge in [0.15, 0.2) is 9.84 Å². The molecule has 6 nitrogen and oxygen atoms in total. The number of nitrogens with zero attached hydrogens (tertiary/aromatic N) is 1. The van der Waals surface area contributed by atoms with Crippen molar-refractivity contribution in [1.82, 2.24) is 4.98 Å². The number of carbonyl (C=O) groups is 1. The molecule has 3 N–H and O–H groups in total. The second-order valence-corrected chi connectivity index (χ2v) is 5.22. The van der Waals surface area contributed by atoms with Crippen molar-refractivity contribution in [1.29, 1.82) is 0 Å². The van der Waals surface area contributed by atoms with E-state index in [1.54, 1.807) is 0 Å². The molecule has 0 saturated heterocycles. The van der Waals surface area contributed by atoms with Crippen LogP contribution in [-0.2, 0) is 14.6 Å². The Morgan fingerprint density at radius 2 is 2.27 bits per heavy atom. The van der Waals surface area contributed by atoms with Crippen molar-refractivity contribution in [2.24, 2.45) is 0 Å². The number of hydrogen-bond acceptors (Lipinski definition) is 5. The molecular weight excluding hydrogens is 218 g/mol. The summed E-state index contributed by atoms with van der Waals surface area (Å²) in [6.45, 7) is 0. The van der Waals surface area contributed by atoms with Crippen LogP contribution in [0.4, 0.5) is 11.4 Å². The Labute approximate surface area is 87.4 Å². The second kappa shape index (κ2) is 4.26. The van der Waals surface area contributed by atoms with Gasteiger partial charge in [0.25, 0.3) is 0 Å². The molecule has 1 amide bonds. The quantitative estimate of drug-likeness (QED) is 0.737. The number of amides is 1. The van der Waals surface area contributed by atoms with Crippen molar-refractivity contribution in [3.8, 4) is 0 Å². The van der Waals surface area contributed by atoms with Crippen LogP contribution in [0.2, 0.25) is 0 Å². The highest BCUT2D eigenvalue weighted by Gasteiger charge is 2.11. The van der Waals surface area contributed by atoms with E-state index in [-0.39, 0.29) is 0 Å². The zero-order valence-corrected chi connectivity index (χ0v) is 8.91. The molecule has 0 aliphatic rings. The highest BCUT2D eigenvalue weighted by Crippen LogP contribution is 2.14. The van der Waals surface area contributed by atoms with Gasteiger partial charge in [-0.25, -0.2) is 8.42 Å². The van der Waals surface area contributed by atoms with Crippen molar-refractivity contribution in [3.05, 3.63) is 18.5 Å². The fraction of sp³-hybridized carbons (Fsp3) is 0.250. The maximum Gasteiger partial charge on any atom is 0.239 e. The van der Waals surface area contributed by atoms with Crippen LogP contribution in [0.15, 0.2) is 18.5 Å². The molecule has 0 spiro atoms. The summed E-state index contributed by atoms with van der Waals surface area (Å²) in [5.41, 5.74) is 6.16. The average molecular weight is 229 g/mol. The van der Waals surface area contributed by atoms with Crippen LogP contribution in [0, 0.1) is 0 Å². The lowest BCUT2D eigenvalue weighted by Gasteiger charge is -2.06. The lowest BCUT2D eigenvalue weighted by atomic mass is 10.3. The zero-order chi connectivity index (χ0) is 11.5. The van der Waals surface area contributed by atoms with Gasteiger partial charge >= 0.3 is 0 Å². The van der Waals surface area contributed by atoms with Crippen LogP contribution in [0.5, 0.6) is 0 Å². The number of carbonyl (C=O) groups excluding carboxylic acids is 1. The molecule has 0 aliphatic carbocycles. The smallest absolute Gasteiger partial charge is 0.239 e. The molecule has 0 aromatic carbocycles. The average Bonchev–Trinajstić information content (AvgIpc) is 2.05. The lowest BCUT2D eigenvalue weighted by Crippen LogP contribution is -2.22. The Morgan fingerprint density at radius 3 is 2.80 bits per heavy atom. The standard InChI is InChI=1S/C8H11N3O3S/c1-15(13,14)5-8(12)11-7-2-3-10-4-6(7)9/h2-4H,5,9H2,1H3,(H,10,11,12). The molecule has 0 unspecified atom stereocenters. The highest BCUT2D eigenvalue weighted by atomic mass is 32.2. The molecular formula is C8H11N3O3S. The third kappa shape index (κ3) is 3.94. The summed E-state index contributed by atoms with van der Waals surface area (Å²) >= 11 is 0. The molecule has 15 heavy (non-hydrogen) atoms. The number of rotatable bonds is 3. The number of sulfone groups is 1. The van der Waals surface area contributed by atoms with Crippen molar-refractivity contribution >= 4 is 27.1 Å². The van der Waals surface area contributed by atoms with E-state index in [2.05, 4.69) is 10.3 Å². The maximum absolute atomic E-state index is 11.2. The molecule has 1 aromatic heterocycles. The number of anilines is 2. The van der Waals surface area contributed by atoms with Crippen molar-refractivity contribution in [3.63, 3.8) is 0 Å². The Balaban J connectivity index is 2.72. The molecule has 0 fully saturated rings. The van der Waals surface area contributed by atoms with Gasteiger partial charge in [-0.15, -0.1) is 0 Å². The Bertz CT molecular complexity index is 470.